The van der Waals surface area contributed by atoms with E-state index in [9.17, 15) is 9.59 Å². The van der Waals surface area contributed by atoms with Crippen LogP contribution in [-0.2, 0) is 16.0 Å². The van der Waals surface area contributed by atoms with E-state index in [1.807, 2.05) is 29.0 Å². The van der Waals surface area contributed by atoms with Crippen molar-refractivity contribution in [3.05, 3.63) is 30.1 Å². The maximum absolute atomic E-state index is 12.4. The number of ether oxygens (including phenoxy) is 1. The van der Waals surface area contributed by atoms with Crippen LogP contribution in [0, 0.1) is 0 Å². The Hall–Kier alpha value is -2.15. The summed E-state index contributed by atoms with van der Waals surface area (Å²) in [5.74, 6) is 0.107. The molecule has 0 unspecified atom stereocenters. The van der Waals surface area contributed by atoms with Crippen LogP contribution in [0.4, 0.5) is 4.79 Å². The summed E-state index contributed by atoms with van der Waals surface area (Å²) >= 11 is 0. The predicted octanol–water partition coefficient (Wildman–Crippen LogP) is 0.857. The van der Waals surface area contributed by atoms with Crippen LogP contribution in [0.5, 0.6) is 0 Å². The Kier molecular flexibility index (Phi) is 6.99. The predicted molar refractivity (Wildman–Crippen MR) is 90.6 cm³/mol. The van der Waals surface area contributed by atoms with Crippen LogP contribution in [0.15, 0.2) is 24.5 Å². The Bertz CT molecular complexity index is 530. The molecular weight excluding hydrogens is 308 g/mol. The van der Waals surface area contributed by atoms with Gasteiger partial charge in [0, 0.05) is 45.1 Å². The summed E-state index contributed by atoms with van der Waals surface area (Å²) in [6.07, 6.45) is 4.16. The Labute approximate surface area is 143 Å². The van der Waals surface area contributed by atoms with Gasteiger partial charge >= 0.3 is 6.09 Å². The molecule has 2 rings (SSSR count). The van der Waals surface area contributed by atoms with Gasteiger partial charge in [-0.25, -0.2) is 4.79 Å². The second-order valence-corrected chi connectivity index (χ2v) is 5.91. The zero-order chi connectivity index (χ0) is 17.4. The molecule has 0 radical (unpaired) electrons. The summed E-state index contributed by atoms with van der Waals surface area (Å²) in [4.78, 5) is 33.5. The van der Waals surface area contributed by atoms with Crippen LogP contribution in [0.25, 0.3) is 0 Å². The maximum Gasteiger partial charge on any atom is 0.409 e. The lowest BCUT2D eigenvalue weighted by Gasteiger charge is -2.34. The third kappa shape index (κ3) is 5.49. The molecule has 2 amide bonds. The van der Waals surface area contributed by atoms with Crippen molar-refractivity contribution in [1.29, 1.82) is 0 Å². The van der Waals surface area contributed by atoms with E-state index in [0.29, 0.717) is 39.3 Å². The topological polar surface area (TPSA) is 66.0 Å². The minimum Gasteiger partial charge on any atom is -0.450 e. The summed E-state index contributed by atoms with van der Waals surface area (Å²) in [6.45, 7) is 5.57. The number of rotatable bonds is 6. The third-order valence-corrected chi connectivity index (χ3v) is 4.10. The SMILES string of the molecule is CCOC(=O)N1CCN(C(=O)CN(C)CCc2ccncc2)CC1. The number of piperazine rings is 1. The molecule has 0 aliphatic carbocycles. The molecule has 0 spiro atoms. The van der Waals surface area contributed by atoms with Crippen molar-refractivity contribution >= 4 is 12.0 Å². The van der Waals surface area contributed by atoms with Gasteiger partial charge in [0.25, 0.3) is 0 Å². The number of pyridine rings is 1. The fourth-order valence-corrected chi connectivity index (χ4v) is 2.63. The summed E-state index contributed by atoms with van der Waals surface area (Å²) in [7, 11) is 1.95. The highest BCUT2D eigenvalue weighted by Crippen LogP contribution is 2.05. The highest BCUT2D eigenvalue weighted by molar-refractivity contribution is 5.78. The molecule has 0 N–H and O–H groups in total. The summed E-state index contributed by atoms with van der Waals surface area (Å²) in [6, 6.07) is 3.98. The van der Waals surface area contributed by atoms with Gasteiger partial charge in [0.15, 0.2) is 0 Å². The number of carbonyl (C=O) groups excluding carboxylic acids is 2. The lowest BCUT2D eigenvalue weighted by atomic mass is 10.2. The largest absolute Gasteiger partial charge is 0.450 e. The molecule has 7 nitrogen and oxygen atoms in total. The zero-order valence-corrected chi connectivity index (χ0v) is 14.5. The van der Waals surface area contributed by atoms with E-state index in [0.717, 1.165) is 13.0 Å². The Morgan fingerprint density at radius 1 is 1.17 bits per heavy atom. The highest BCUT2D eigenvalue weighted by atomic mass is 16.6. The molecule has 1 saturated heterocycles. The number of hydrogen-bond donors (Lipinski definition) is 0. The molecule has 0 saturated carbocycles. The fourth-order valence-electron chi connectivity index (χ4n) is 2.63. The van der Waals surface area contributed by atoms with Crippen molar-refractivity contribution in [3.63, 3.8) is 0 Å². The van der Waals surface area contributed by atoms with Gasteiger partial charge in [0.1, 0.15) is 0 Å². The van der Waals surface area contributed by atoms with Crippen LogP contribution in [0.1, 0.15) is 12.5 Å². The first-order chi connectivity index (χ1) is 11.6. The molecular formula is C17H26N4O3. The monoisotopic (exact) mass is 334 g/mol. The summed E-state index contributed by atoms with van der Waals surface area (Å²) in [5, 5.41) is 0. The number of hydrogen-bond acceptors (Lipinski definition) is 5. The van der Waals surface area contributed by atoms with Gasteiger partial charge in [0.05, 0.1) is 13.2 Å². The van der Waals surface area contributed by atoms with Gasteiger partial charge in [-0.2, -0.15) is 0 Å². The minimum atomic E-state index is -0.293. The second kappa shape index (κ2) is 9.22. The van der Waals surface area contributed by atoms with Crippen LogP contribution in [-0.4, -0.2) is 84.6 Å². The normalized spacial score (nSPS) is 14.8. The van der Waals surface area contributed by atoms with E-state index < -0.39 is 0 Å². The van der Waals surface area contributed by atoms with E-state index in [-0.39, 0.29) is 12.0 Å². The highest BCUT2D eigenvalue weighted by Gasteiger charge is 2.25. The van der Waals surface area contributed by atoms with E-state index in [4.69, 9.17) is 4.74 Å². The Balaban J connectivity index is 1.70. The van der Waals surface area contributed by atoms with E-state index in [1.165, 1.54) is 5.56 Å². The molecule has 1 fully saturated rings. The number of carbonyl (C=O) groups is 2. The molecule has 2 heterocycles. The molecule has 24 heavy (non-hydrogen) atoms. The first kappa shape index (κ1) is 18.2. The second-order valence-electron chi connectivity index (χ2n) is 5.91. The van der Waals surface area contributed by atoms with Gasteiger partial charge in [-0.1, -0.05) is 0 Å². The molecule has 0 aromatic carbocycles. The van der Waals surface area contributed by atoms with Crippen LogP contribution < -0.4 is 0 Å². The van der Waals surface area contributed by atoms with Crippen molar-refractivity contribution < 1.29 is 14.3 Å². The molecule has 1 aliphatic heterocycles. The molecule has 0 atom stereocenters. The van der Waals surface area contributed by atoms with Gasteiger partial charge < -0.3 is 14.5 Å². The Morgan fingerprint density at radius 3 is 2.42 bits per heavy atom. The van der Waals surface area contributed by atoms with E-state index in [1.54, 1.807) is 24.2 Å². The van der Waals surface area contributed by atoms with Crippen molar-refractivity contribution in [2.24, 2.45) is 0 Å². The van der Waals surface area contributed by atoms with Gasteiger partial charge in [-0.05, 0) is 38.1 Å². The van der Waals surface area contributed by atoms with Crippen molar-refractivity contribution in [3.8, 4) is 0 Å². The first-order valence-corrected chi connectivity index (χ1v) is 8.37. The number of likely N-dealkylation sites (N-methyl/N-ethyl adjacent to an activating group) is 1. The van der Waals surface area contributed by atoms with Gasteiger partial charge in [-0.3, -0.25) is 14.7 Å². The standard InChI is InChI=1S/C17H26N4O3/c1-3-24-17(23)21-12-10-20(11-13-21)16(22)14-19(2)9-6-15-4-7-18-8-5-15/h4-5,7-8H,3,6,9-14H2,1-2H3. The first-order valence-electron chi connectivity index (χ1n) is 8.37. The average molecular weight is 334 g/mol. The lowest BCUT2D eigenvalue weighted by Crippen LogP contribution is -2.52. The maximum atomic E-state index is 12.4. The average Bonchev–Trinajstić information content (AvgIpc) is 2.61. The van der Waals surface area contributed by atoms with Crippen molar-refractivity contribution in [2.45, 2.75) is 13.3 Å². The minimum absolute atomic E-state index is 0.107. The molecule has 1 aromatic rings. The van der Waals surface area contributed by atoms with Crippen LogP contribution >= 0.6 is 0 Å². The van der Waals surface area contributed by atoms with Crippen LogP contribution in [0.2, 0.25) is 0 Å². The number of aromatic nitrogens is 1. The third-order valence-electron chi connectivity index (χ3n) is 4.10. The smallest absolute Gasteiger partial charge is 0.409 e. The quantitative estimate of drug-likeness (QED) is 0.772. The van der Waals surface area contributed by atoms with Crippen molar-refractivity contribution in [1.82, 2.24) is 19.7 Å². The molecule has 0 bridgehead atoms. The summed E-state index contributed by atoms with van der Waals surface area (Å²) in [5.41, 5.74) is 1.22. The number of nitrogens with zero attached hydrogens (tertiary/aromatic N) is 4. The molecule has 1 aromatic heterocycles. The van der Waals surface area contributed by atoms with Gasteiger partial charge in [-0.15, -0.1) is 0 Å². The molecule has 7 heteroatoms. The van der Waals surface area contributed by atoms with Crippen molar-refractivity contribution in [2.75, 3.05) is 52.9 Å². The zero-order valence-electron chi connectivity index (χ0n) is 14.5. The van der Waals surface area contributed by atoms with E-state index >= 15 is 0 Å². The molecule has 1 aliphatic rings. The van der Waals surface area contributed by atoms with Crippen LogP contribution in [0.3, 0.4) is 0 Å². The summed E-state index contributed by atoms with van der Waals surface area (Å²) < 4.78 is 4.99. The molecule has 132 valence electrons. The van der Waals surface area contributed by atoms with E-state index in [2.05, 4.69) is 4.98 Å². The Morgan fingerprint density at radius 2 is 1.79 bits per heavy atom. The fraction of sp³-hybridized carbons (Fsp3) is 0.588. The lowest BCUT2D eigenvalue weighted by molar-refractivity contribution is -0.133. The van der Waals surface area contributed by atoms with Gasteiger partial charge in [0.2, 0.25) is 5.91 Å². The number of amides is 2.